The van der Waals surface area contributed by atoms with Crippen molar-refractivity contribution in [1.29, 1.82) is 0 Å². The summed E-state index contributed by atoms with van der Waals surface area (Å²) in [4.78, 5) is 4.79. The quantitative estimate of drug-likeness (QED) is 0.394. The van der Waals surface area contributed by atoms with Crippen LogP contribution in [0.1, 0.15) is 12.5 Å². The number of benzene rings is 3. The van der Waals surface area contributed by atoms with Crippen LogP contribution in [0.2, 0.25) is 5.02 Å². The zero-order valence-electron chi connectivity index (χ0n) is 12.8. The van der Waals surface area contributed by atoms with Crippen LogP contribution in [0.3, 0.4) is 0 Å². The van der Waals surface area contributed by atoms with Gasteiger partial charge in [-0.1, -0.05) is 54.6 Å². The number of nitrogens with zero attached hydrogens (tertiary/aromatic N) is 1. The zero-order valence-corrected chi connectivity index (χ0v) is 14.4. The van der Waals surface area contributed by atoms with E-state index in [0.717, 1.165) is 17.1 Å². The van der Waals surface area contributed by atoms with Gasteiger partial charge in [-0.15, -0.1) is 0 Å². The summed E-state index contributed by atoms with van der Waals surface area (Å²) in [6.45, 7) is 2.18. The van der Waals surface area contributed by atoms with Crippen molar-refractivity contribution in [3.8, 4) is 0 Å². The smallest absolute Gasteiger partial charge is 0.0616 e. The third-order valence-electron chi connectivity index (χ3n) is 4.09. The summed E-state index contributed by atoms with van der Waals surface area (Å²) in [5.74, 6) is 0. The molecule has 1 aliphatic rings. The largest absolute Gasteiger partial charge is 0.308 e. The standard InChI is InChI=1S/C20H16ClNS/c1-2-14-7-10-16(11-8-14)22-17-5-3-4-6-19(17)23-20-12-9-15(21)13-18(20)22/h3-13H,2H2,1H3. The van der Waals surface area contributed by atoms with Gasteiger partial charge in [-0.25, -0.2) is 0 Å². The van der Waals surface area contributed by atoms with Crippen LogP contribution in [0.25, 0.3) is 0 Å². The van der Waals surface area contributed by atoms with E-state index in [-0.39, 0.29) is 0 Å². The Morgan fingerprint density at radius 1 is 0.870 bits per heavy atom. The molecule has 0 saturated carbocycles. The van der Waals surface area contributed by atoms with Crippen molar-refractivity contribution in [2.45, 2.75) is 23.1 Å². The molecule has 0 N–H and O–H groups in total. The molecule has 0 amide bonds. The van der Waals surface area contributed by atoms with E-state index in [1.165, 1.54) is 26.7 Å². The first-order chi connectivity index (χ1) is 11.3. The maximum Gasteiger partial charge on any atom is 0.0616 e. The first kappa shape index (κ1) is 14.7. The summed E-state index contributed by atoms with van der Waals surface area (Å²) in [5.41, 5.74) is 4.86. The minimum Gasteiger partial charge on any atom is -0.308 e. The van der Waals surface area contributed by atoms with Gasteiger partial charge in [-0.2, -0.15) is 0 Å². The molecule has 3 heteroatoms. The van der Waals surface area contributed by atoms with Gasteiger partial charge in [-0.3, -0.25) is 0 Å². The van der Waals surface area contributed by atoms with Gasteiger partial charge in [0.1, 0.15) is 0 Å². The molecule has 23 heavy (non-hydrogen) atoms. The lowest BCUT2D eigenvalue weighted by Gasteiger charge is -2.33. The zero-order chi connectivity index (χ0) is 15.8. The molecule has 0 radical (unpaired) electrons. The summed E-state index contributed by atoms with van der Waals surface area (Å²) in [6, 6.07) is 23.4. The topological polar surface area (TPSA) is 3.24 Å². The number of aryl methyl sites for hydroxylation is 1. The number of anilines is 3. The highest BCUT2D eigenvalue weighted by atomic mass is 35.5. The average Bonchev–Trinajstić information content (AvgIpc) is 2.60. The van der Waals surface area contributed by atoms with Gasteiger partial charge in [0, 0.05) is 20.5 Å². The Labute approximate surface area is 145 Å². The number of para-hydroxylation sites is 1. The molecule has 0 unspecified atom stereocenters. The normalized spacial score (nSPS) is 12.7. The molecular weight excluding hydrogens is 322 g/mol. The van der Waals surface area contributed by atoms with E-state index in [9.17, 15) is 0 Å². The van der Waals surface area contributed by atoms with Crippen molar-refractivity contribution >= 4 is 40.4 Å². The molecule has 3 aromatic carbocycles. The Morgan fingerprint density at radius 3 is 2.39 bits per heavy atom. The van der Waals surface area contributed by atoms with Crippen LogP contribution in [-0.2, 0) is 6.42 Å². The maximum absolute atomic E-state index is 6.27. The van der Waals surface area contributed by atoms with E-state index < -0.39 is 0 Å². The Bertz CT molecular complexity index is 858. The highest BCUT2D eigenvalue weighted by molar-refractivity contribution is 7.99. The summed E-state index contributed by atoms with van der Waals surface area (Å²) >= 11 is 8.07. The molecule has 1 nitrogen and oxygen atoms in total. The van der Waals surface area contributed by atoms with Crippen LogP contribution in [-0.4, -0.2) is 0 Å². The molecule has 0 saturated heterocycles. The summed E-state index contributed by atoms with van der Waals surface area (Å²) < 4.78 is 0. The van der Waals surface area contributed by atoms with Crippen LogP contribution in [0.4, 0.5) is 17.1 Å². The lowest BCUT2D eigenvalue weighted by atomic mass is 10.1. The lowest BCUT2D eigenvalue weighted by molar-refractivity contribution is 1.13. The van der Waals surface area contributed by atoms with E-state index in [1.54, 1.807) is 11.8 Å². The predicted octanol–water partition coefficient (Wildman–Crippen LogP) is 6.84. The third kappa shape index (κ3) is 2.62. The van der Waals surface area contributed by atoms with Crippen LogP contribution in [0.5, 0.6) is 0 Å². The van der Waals surface area contributed by atoms with E-state index in [2.05, 4.69) is 66.4 Å². The summed E-state index contributed by atoms with van der Waals surface area (Å²) in [5, 5.41) is 0.763. The summed E-state index contributed by atoms with van der Waals surface area (Å²) in [7, 11) is 0. The van der Waals surface area contributed by atoms with Gasteiger partial charge in [0.15, 0.2) is 0 Å². The highest BCUT2D eigenvalue weighted by Gasteiger charge is 2.24. The molecule has 3 aromatic rings. The van der Waals surface area contributed by atoms with Gasteiger partial charge >= 0.3 is 0 Å². The van der Waals surface area contributed by atoms with Gasteiger partial charge in [0.2, 0.25) is 0 Å². The Morgan fingerprint density at radius 2 is 1.61 bits per heavy atom. The fourth-order valence-corrected chi connectivity index (χ4v) is 4.09. The Balaban J connectivity index is 1.91. The molecule has 114 valence electrons. The second-order valence-electron chi connectivity index (χ2n) is 5.54. The number of hydrogen-bond acceptors (Lipinski definition) is 2. The second kappa shape index (κ2) is 5.95. The molecule has 0 bridgehead atoms. The monoisotopic (exact) mass is 337 g/mol. The second-order valence-corrected chi connectivity index (χ2v) is 7.06. The molecule has 0 atom stereocenters. The Hall–Kier alpha value is -1.90. The summed E-state index contributed by atoms with van der Waals surface area (Å²) in [6.07, 6.45) is 1.05. The van der Waals surface area contributed by atoms with E-state index in [0.29, 0.717) is 0 Å². The van der Waals surface area contributed by atoms with Gasteiger partial charge in [0.05, 0.1) is 11.4 Å². The van der Waals surface area contributed by atoms with Crippen LogP contribution >= 0.6 is 23.4 Å². The highest BCUT2D eigenvalue weighted by Crippen LogP contribution is 2.51. The molecule has 0 aliphatic carbocycles. The number of halogens is 1. The average molecular weight is 338 g/mol. The molecule has 4 rings (SSSR count). The molecular formula is C20H16ClNS. The van der Waals surface area contributed by atoms with Crippen molar-refractivity contribution in [3.05, 3.63) is 77.3 Å². The Kier molecular flexibility index (Phi) is 3.80. The third-order valence-corrected chi connectivity index (χ3v) is 5.46. The minimum atomic E-state index is 0.763. The van der Waals surface area contributed by atoms with Crippen molar-refractivity contribution in [3.63, 3.8) is 0 Å². The van der Waals surface area contributed by atoms with Crippen molar-refractivity contribution in [2.24, 2.45) is 0 Å². The number of rotatable bonds is 2. The first-order valence-corrected chi connectivity index (χ1v) is 8.91. The van der Waals surface area contributed by atoms with Gasteiger partial charge < -0.3 is 4.90 Å². The van der Waals surface area contributed by atoms with E-state index in [1.807, 2.05) is 12.1 Å². The first-order valence-electron chi connectivity index (χ1n) is 7.72. The van der Waals surface area contributed by atoms with Crippen molar-refractivity contribution < 1.29 is 0 Å². The van der Waals surface area contributed by atoms with Crippen LogP contribution < -0.4 is 4.90 Å². The molecule has 0 aromatic heterocycles. The number of hydrogen-bond donors (Lipinski definition) is 0. The molecule has 0 spiro atoms. The predicted molar refractivity (Wildman–Crippen MR) is 99.6 cm³/mol. The fraction of sp³-hybridized carbons (Fsp3) is 0.100. The fourth-order valence-electron chi connectivity index (χ4n) is 2.89. The molecule has 1 aliphatic heterocycles. The van der Waals surface area contributed by atoms with E-state index >= 15 is 0 Å². The van der Waals surface area contributed by atoms with Gasteiger partial charge in [0.25, 0.3) is 0 Å². The molecule has 0 fully saturated rings. The lowest BCUT2D eigenvalue weighted by Crippen LogP contribution is -2.14. The van der Waals surface area contributed by atoms with Gasteiger partial charge in [-0.05, 0) is 54.4 Å². The molecule has 1 heterocycles. The van der Waals surface area contributed by atoms with Crippen LogP contribution in [0.15, 0.2) is 76.5 Å². The SMILES string of the molecule is CCc1ccc(N2c3ccccc3Sc3ccc(Cl)cc32)cc1. The minimum absolute atomic E-state index is 0.763. The number of fused-ring (bicyclic) bond motifs is 2. The van der Waals surface area contributed by atoms with E-state index in [4.69, 9.17) is 11.6 Å². The van der Waals surface area contributed by atoms with Crippen LogP contribution in [0, 0.1) is 0 Å². The maximum atomic E-state index is 6.27. The van der Waals surface area contributed by atoms with Crippen molar-refractivity contribution in [2.75, 3.05) is 4.90 Å². The van der Waals surface area contributed by atoms with Crippen molar-refractivity contribution in [1.82, 2.24) is 0 Å².